The van der Waals surface area contributed by atoms with Crippen LogP contribution in [0.3, 0.4) is 0 Å². The summed E-state index contributed by atoms with van der Waals surface area (Å²) in [5, 5.41) is 3.40. The second kappa shape index (κ2) is 6.20. The summed E-state index contributed by atoms with van der Waals surface area (Å²) >= 11 is 3.21. The predicted molar refractivity (Wildman–Crippen MR) is 77.1 cm³/mol. The fourth-order valence-electron chi connectivity index (χ4n) is 2.42. The summed E-state index contributed by atoms with van der Waals surface area (Å²) < 4.78 is 24.9. The highest BCUT2D eigenvalue weighted by atomic mass is 79.9. The van der Waals surface area contributed by atoms with Crippen molar-refractivity contribution in [3.05, 3.63) is 28.0 Å². The molecule has 19 heavy (non-hydrogen) atoms. The van der Waals surface area contributed by atoms with Crippen molar-refractivity contribution in [3.63, 3.8) is 0 Å². The molecule has 0 aromatic heterocycles. The average molecular weight is 332 g/mol. The Bertz CT molecular complexity index is 455. The molecular weight excluding hydrogens is 313 g/mol. The first-order valence-electron chi connectivity index (χ1n) is 6.43. The van der Waals surface area contributed by atoms with E-state index in [4.69, 9.17) is 9.47 Å². The molecule has 3 atom stereocenters. The minimum absolute atomic E-state index is 0.0446. The summed E-state index contributed by atoms with van der Waals surface area (Å²) in [7, 11) is 1.69. The lowest BCUT2D eigenvalue weighted by atomic mass is 9.85. The fraction of sp³-hybridized carbons (Fsp3) is 0.571. The monoisotopic (exact) mass is 331 g/mol. The Balaban J connectivity index is 2.04. The molecule has 0 amide bonds. The van der Waals surface area contributed by atoms with Crippen LogP contribution in [0.5, 0.6) is 0 Å². The van der Waals surface area contributed by atoms with Crippen LogP contribution in [-0.2, 0) is 9.47 Å². The highest BCUT2D eigenvalue weighted by Crippen LogP contribution is 2.32. The van der Waals surface area contributed by atoms with Gasteiger partial charge in [-0.2, -0.15) is 0 Å². The Morgan fingerprint density at radius 1 is 1.47 bits per heavy atom. The van der Waals surface area contributed by atoms with Gasteiger partial charge < -0.3 is 14.8 Å². The van der Waals surface area contributed by atoms with Gasteiger partial charge in [-0.15, -0.1) is 0 Å². The summed E-state index contributed by atoms with van der Waals surface area (Å²) in [6, 6.07) is 3.50. The normalized spacial score (nSPS) is 26.1. The molecule has 0 spiro atoms. The Hall–Kier alpha value is -0.650. The van der Waals surface area contributed by atoms with Gasteiger partial charge in [-0.25, -0.2) is 4.39 Å². The van der Waals surface area contributed by atoms with E-state index in [9.17, 15) is 4.39 Å². The van der Waals surface area contributed by atoms with Crippen molar-refractivity contribution < 1.29 is 13.9 Å². The van der Waals surface area contributed by atoms with E-state index in [1.165, 1.54) is 6.07 Å². The minimum Gasteiger partial charge on any atom is -0.379 e. The lowest BCUT2D eigenvalue weighted by molar-refractivity contribution is -0.118. The molecule has 3 unspecified atom stereocenters. The molecular formula is C14H19BrFNO2. The number of halogens is 2. The lowest BCUT2D eigenvalue weighted by Crippen LogP contribution is -2.56. The standard InChI is InChI=1S/C14H19BrFNO2/c1-4-19-13-7-12(14(13)18-3)17-11-6-9(15)10(16)5-8(11)2/h5-6,12-14,17H,4,7H2,1-3H3. The van der Waals surface area contributed by atoms with Crippen LogP contribution in [0.2, 0.25) is 0 Å². The molecule has 1 saturated carbocycles. The van der Waals surface area contributed by atoms with Gasteiger partial charge in [0.05, 0.1) is 16.6 Å². The lowest BCUT2D eigenvalue weighted by Gasteiger charge is -2.44. The van der Waals surface area contributed by atoms with E-state index in [0.717, 1.165) is 17.7 Å². The Morgan fingerprint density at radius 3 is 2.84 bits per heavy atom. The average Bonchev–Trinajstić information content (AvgIpc) is 2.34. The van der Waals surface area contributed by atoms with Crippen LogP contribution < -0.4 is 5.32 Å². The Kier molecular flexibility index (Phi) is 4.81. The molecule has 3 nitrogen and oxygen atoms in total. The molecule has 5 heteroatoms. The van der Waals surface area contributed by atoms with Crippen LogP contribution in [0.15, 0.2) is 16.6 Å². The summed E-state index contributed by atoms with van der Waals surface area (Å²) in [6.07, 6.45) is 1.10. The summed E-state index contributed by atoms with van der Waals surface area (Å²) in [5.74, 6) is -0.243. The second-order valence-corrected chi connectivity index (χ2v) is 5.62. The van der Waals surface area contributed by atoms with Crippen molar-refractivity contribution in [1.82, 2.24) is 0 Å². The van der Waals surface area contributed by atoms with E-state index in [2.05, 4.69) is 21.2 Å². The number of rotatable bonds is 5. The largest absolute Gasteiger partial charge is 0.379 e. The van der Waals surface area contributed by atoms with Gasteiger partial charge in [0, 0.05) is 19.4 Å². The van der Waals surface area contributed by atoms with E-state index < -0.39 is 0 Å². The summed E-state index contributed by atoms with van der Waals surface area (Å²) in [4.78, 5) is 0. The zero-order chi connectivity index (χ0) is 14.0. The van der Waals surface area contributed by atoms with Gasteiger partial charge in [0.25, 0.3) is 0 Å². The summed E-state index contributed by atoms with van der Waals surface area (Å²) in [6.45, 7) is 4.56. The molecule has 1 aromatic carbocycles. The first-order valence-corrected chi connectivity index (χ1v) is 7.22. The third kappa shape index (κ3) is 3.09. The van der Waals surface area contributed by atoms with Gasteiger partial charge in [0.15, 0.2) is 0 Å². The van der Waals surface area contributed by atoms with Gasteiger partial charge in [-0.1, -0.05) is 0 Å². The molecule has 1 N–H and O–H groups in total. The van der Waals surface area contributed by atoms with Gasteiger partial charge in [-0.3, -0.25) is 0 Å². The van der Waals surface area contributed by atoms with Crippen molar-refractivity contribution in [3.8, 4) is 0 Å². The van der Waals surface area contributed by atoms with Crippen LogP contribution in [0.4, 0.5) is 10.1 Å². The quantitative estimate of drug-likeness (QED) is 0.895. The number of hydrogen-bond acceptors (Lipinski definition) is 3. The third-order valence-electron chi connectivity index (χ3n) is 3.51. The van der Waals surface area contributed by atoms with Gasteiger partial charge in [0.1, 0.15) is 11.9 Å². The Labute approximate surface area is 121 Å². The SMILES string of the molecule is CCOC1CC(Nc2cc(Br)c(F)cc2C)C1OC. The molecule has 106 valence electrons. The highest BCUT2D eigenvalue weighted by Gasteiger charge is 2.42. The molecule has 1 aliphatic rings. The zero-order valence-electron chi connectivity index (χ0n) is 11.4. The molecule has 0 bridgehead atoms. The zero-order valence-corrected chi connectivity index (χ0v) is 13.0. The molecule has 1 aliphatic carbocycles. The number of anilines is 1. The molecule has 1 fully saturated rings. The van der Waals surface area contributed by atoms with Crippen LogP contribution >= 0.6 is 15.9 Å². The second-order valence-electron chi connectivity index (χ2n) is 4.76. The maximum Gasteiger partial charge on any atom is 0.137 e. The number of hydrogen-bond donors (Lipinski definition) is 1. The topological polar surface area (TPSA) is 30.5 Å². The van der Waals surface area contributed by atoms with Crippen molar-refractivity contribution >= 4 is 21.6 Å². The third-order valence-corrected chi connectivity index (χ3v) is 4.12. The highest BCUT2D eigenvalue weighted by molar-refractivity contribution is 9.10. The van der Waals surface area contributed by atoms with Gasteiger partial charge in [-0.05, 0) is 53.9 Å². The number of benzene rings is 1. The van der Waals surface area contributed by atoms with Crippen LogP contribution in [0.1, 0.15) is 18.9 Å². The molecule has 0 radical (unpaired) electrons. The van der Waals surface area contributed by atoms with Crippen molar-refractivity contribution in [1.29, 1.82) is 0 Å². The smallest absolute Gasteiger partial charge is 0.137 e. The maximum atomic E-state index is 13.4. The molecule has 0 saturated heterocycles. The van der Waals surface area contributed by atoms with E-state index in [1.807, 2.05) is 13.8 Å². The van der Waals surface area contributed by atoms with E-state index in [-0.39, 0.29) is 24.1 Å². The van der Waals surface area contributed by atoms with E-state index in [0.29, 0.717) is 11.1 Å². The molecule has 1 aromatic rings. The Morgan fingerprint density at radius 2 is 2.21 bits per heavy atom. The van der Waals surface area contributed by atoms with Crippen LogP contribution in [0.25, 0.3) is 0 Å². The van der Waals surface area contributed by atoms with Crippen molar-refractivity contribution in [2.75, 3.05) is 19.0 Å². The molecule has 0 heterocycles. The number of nitrogens with one attached hydrogen (secondary N) is 1. The summed E-state index contributed by atoms with van der Waals surface area (Å²) in [5.41, 5.74) is 1.81. The van der Waals surface area contributed by atoms with Crippen LogP contribution in [-0.4, -0.2) is 32.0 Å². The number of aryl methyl sites for hydroxylation is 1. The van der Waals surface area contributed by atoms with E-state index >= 15 is 0 Å². The van der Waals surface area contributed by atoms with Gasteiger partial charge in [0.2, 0.25) is 0 Å². The fourth-order valence-corrected chi connectivity index (χ4v) is 2.76. The van der Waals surface area contributed by atoms with Gasteiger partial charge >= 0.3 is 0 Å². The van der Waals surface area contributed by atoms with Crippen LogP contribution in [0, 0.1) is 12.7 Å². The van der Waals surface area contributed by atoms with Crippen molar-refractivity contribution in [2.45, 2.75) is 38.5 Å². The first-order chi connectivity index (χ1) is 9.06. The predicted octanol–water partition coefficient (Wildman–Crippen LogP) is 3.50. The number of methoxy groups -OCH3 is 1. The minimum atomic E-state index is -0.243. The van der Waals surface area contributed by atoms with E-state index in [1.54, 1.807) is 13.2 Å². The number of ether oxygens (including phenoxy) is 2. The maximum absolute atomic E-state index is 13.4. The molecule has 0 aliphatic heterocycles. The van der Waals surface area contributed by atoms with Crippen molar-refractivity contribution in [2.24, 2.45) is 0 Å². The molecule has 2 rings (SSSR count). The first kappa shape index (κ1) is 14.8.